The van der Waals surface area contributed by atoms with Crippen LogP contribution in [0.1, 0.15) is 5.56 Å². The summed E-state index contributed by atoms with van der Waals surface area (Å²) in [5, 5.41) is 10.9. The van der Waals surface area contributed by atoms with Gasteiger partial charge in [-0.3, -0.25) is 5.10 Å². The molecule has 0 atom stereocenters. The Morgan fingerprint density at radius 2 is 2.22 bits per heavy atom. The Morgan fingerprint density at radius 3 is 3.06 bits per heavy atom. The summed E-state index contributed by atoms with van der Waals surface area (Å²) in [6, 6.07) is 5.59. The van der Waals surface area contributed by atoms with Crippen molar-refractivity contribution in [2.45, 2.75) is 6.54 Å². The van der Waals surface area contributed by atoms with E-state index in [1.165, 1.54) is 6.33 Å². The summed E-state index contributed by atoms with van der Waals surface area (Å²) < 4.78 is 0. The number of hydrogen-bond donors (Lipinski definition) is 3. The number of H-pyrrole nitrogens is 1. The predicted octanol–water partition coefficient (Wildman–Crippen LogP) is 1.55. The van der Waals surface area contributed by atoms with Crippen molar-refractivity contribution < 1.29 is 0 Å². The lowest BCUT2D eigenvalue weighted by Crippen LogP contribution is -2.02. The minimum atomic E-state index is 0.660. The molecule has 3 rings (SSSR count). The average Bonchev–Trinajstić information content (AvgIpc) is 2.89. The van der Waals surface area contributed by atoms with Crippen molar-refractivity contribution in [3.63, 3.8) is 0 Å². The van der Waals surface area contributed by atoms with Crippen LogP contribution in [0.4, 0.5) is 11.5 Å². The number of nitrogen functional groups attached to an aromatic ring is 1. The molecule has 0 saturated carbocycles. The van der Waals surface area contributed by atoms with E-state index >= 15 is 0 Å². The van der Waals surface area contributed by atoms with Crippen LogP contribution in [0, 0.1) is 0 Å². The highest BCUT2D eigenvalue weighted by Crippen LogP contribution is 2.21. The number of hydrogen-bond acceptors (Lipinski definition) is 5. The van der Waals surface area contributed by atoms with Crippen LogP contribution in [0.3, 0.4) is 0 Å². The van der Waals surface area contributed by atoms with Crippen LogP contribution < -0.4 is 11.1 Å². The number of nitrogens with one attached hydrogen (secondary N) is 2. The topological polar surface area (TPSA) is 92.5 Å². The molecule has 0 fully saturated rings. The molecular weight excluding hydrogens is 228 g/mol. The Labute approximate surface area is 103 Å². The molecule has 1 aromatic carbocycles. The Morgan fingerprint density at radius 1 is 1.28 bits per heavy atom. The van der Waals surface area contributed by atoms with Gasteiger partial charge in [0.25, 0.3) is 0 Å². The zero-order chi connectivity index (χ0) is 12.4. The van der Waals surface area contributed by atoms with Crippen molar-refractivity contribution >= 4 is 22.4 Å². The molecule has 0 radical (unpaired) electrons. The molecule has 0 aliphatic carbocycles. The van der Waals surface area contributed by atoms with Gasteiger partial charge in [-0.25, -0.2) is 9.97 Å². The van der Waals surface area contributed by atoms with E-state index in [1.54, 1.807) is 6.20 Å². The summed E-state index contributed by atoms with van der Waals surface area (Å²) in [6.45, 7) is 0.660. The maximum Gasteiger partial charge on any atom is 0.137 e. The Balaban J connectivity index is 1.92. The van der Waals surface area contributed by atoms with Crippen LogP contribution in [-0.2, 0) is 6.54 Å². The minimum Gasteiger partial charge on any atom is -0.399 e. The lowest BCUT2D eigenvalue weighted by Gasteiger charge is -2.07. The molecule has 3 aromatic rings. The maximum atomic E-state index is 5.73. The molecule has 0 spiro atoms. The Bertz CT molecular complexity index is 661. The molecule has 0 bridgehead atoms. The molecule has 0 amide bonds. The van der Waals surface area contributed by atoms with E-state index in [9.17, 15) is 0 Å². The number of rotatable bonds is 3. The van der Waals surface area contributed by atoms with Crippen molar-refractivity contribution in [3.05, 3.63) is 42.5 Å². The molecule has 2 aromatic heterocycles. The molecule has 0 aliphatic rings. The van der Waals surface area contributed by atoms with Gasteiger partial charge in [0.1, 0.15) is 12.1 Å². The van der Waals surface area contributed by atoms with Gasteiger partial charge in [-0.05, 0) is 18.2 Å². The van der Waals surface area contributed by atoms with Gasteiger partial charge in [-0.1, -0.05) is 0 Å². The first-order chi connectivity index (χ1) is 8.83. The van der Waals surface area contributed by atoms with Gasteiger partial charge in [-0.15, -0.1) is 0 Å². The van der Waals surface area contributed by atoms with E-state index in [0.29, 0.717) is 12.2 Å². The molecule has 0 unspecified atom stereocenters. The van der Waals surface area contributed by atoms with Crippen LogP contribution in [0.15, 0.2) is 36.9 Å². The number of benzene rings is 1. The number of aromatic nitrogens is 4. The average molecular weight is 240 g/mol. The van der Waals surface area contributed by atoms with Gasteiger partial charge in [0, 0.05) is 29.4 Å². The highest BCUT2D eigenvalue weighted by atomic mass is 15.1. The maximum absolute atomic E-state index is 5.73. The third-order valence-electron chi connectivity index (χ3n) is 2.68. The van der Waals surface area contributed by atoms with Crippen LogP contribution in [0.25, 0.3) is 10.9 Å². The minimum absolute atomic E-state index is 0.660. The molecule has 18 heavy (non-hydrogen) atoms. The van der Waals surface area contributed by atoms with Crippen molar-refractivity contribution in [2.24, 2.45) is 0 Å². The zero-order valence-corrected chi connectivity index (χ0v) is 9.59. The molecule has 6 heteroatoms. The molecule has 90 valence electrons. The number of nitrogens with zero attached hydrogens (tertiary/aromatic N) is 3. The first-order valence-electron chi connectivity index (χ1n) is 5.55. The third-order valence-corrected chi connectivity index (χ3v) is 2.68. The second-order valence-corrected chi connectivity index (χ2v) is 3.96. The van der Waals surface area contributed by atoms with Crippen LogP contribution in [0.2, 0.25) is 0 Å². The summed E-state index contributed by atoms with van der Waals surface area (Å²) in [7, 11) is 0. The van der Waals surface area contributed by atoms with Gasteiger partial charge in [0.05, 0.1) is 11.7 Å². The molecular formula is C12H12N6. The lowest BCUT2D eigenvalue weighted by molar-refractivity contribution is 1.09. The van der Waals surface area contributed by atoms with E-state index < -0.39 is 0 Å². The van der Waals surface area contributed by atoms with E-state index in [0.717, 1.165) is 22.3 Å². The molecule has 0 saturated heterocycles. The van der Waals surface area contributed by atoms with Gasteiger partial charge in [-0.2, -0.15) is 5.10 Å². The molecule has 0 aliphatic heterocycles. The van der Waals surface area contributed by atoms with Crippen LogP contribution in [0.5, 0.6) is 0 Å². The fourth-order valence-corrected chi connectivity index (χ4v) is 1.78. The summed E-state index contributed by atoms with van der Waals surface area (Å²) in [6.07, 6.45) is 5.14. The van der Waals surface area contributed by atoms with Crippen molar-refractivity contribution in [1.29, 1.82) is 0 Å². The van der Waals surface area contributed by atoms with Crippen molar-refractivity contribution in [2.75, 3.05) is 11.1 Å². The molecule has 2 heterocycles. The second-order valence-electron chi connectivity index (χ2n) is 3.96. The van der Waals surface area contributed by atoms with Crippen molar-refractivity contribution in [3.8, 4) is 0 Å². The number of anilines is 2. The normalized spacial score (nSPS) is 10.7. The Kier molecular flexibility index (Phi) is 2.53. The summed E-state index contributed by atoms with van der Waals surface area (Å²) in [5.41, 5.74) is 8.33. The molecule has 6 nitrogen and oxygen atoms in total. The highest BCUT2D eigenvalue weighted by Gasteiger charge is 2.03. The lowest BCUT2D eigenvalue weighted by atomic mass is 10.2. The summed E-state index contributed by atoms with van der Waals surface area (Å²) >= 11 is 0. The number of fused-ring (bicyclic) bond motifs is 1. The Hall–Kier alpha value is -2.63. The standard InChI is InChI=1S/C12H12N6/c13-9-1-2-10-11(3-9)15-7-16-12(10)14-4-8-5-17-18-6-8/h1-3,5-7H,4,13H2,(H,17,18)(H,14,15,16). The number of aromatic amines is 1. The predicted molar refractivity (Wildman–Crippen MR) is 69.9 cm³/mol. The van der Waals surface area contributed by atoms with Gasteiger partial charge >= 0.3 is 0 Å². The van der Waals surface area contributed by atoms with E-state index in [4.69, 9.17) is 5.73 Å². The van der Waals surface area contributed by atoms with Gasteiger partial charge in [0.2, 0.25) is 0 Å². The highest BCUT2D eigenvalue weighted by molar-refractivity contribution is 5.90. The van der Waals surface area contributed by atoms with E-state index in [2.05, 4.69) is 25.5 Å². The van der Waals surface area contributed by atoms with Crippen LogP contribution in [-0.4, -0.2) is 20.2 Å². The monoisotopic (exact) mass is 240 g/mol. The summed E-state index contributed by atoms with van der Waals surface area (Å²) in [4.78, 5) is 8.44. The van der Waals surface area contributed by atoms with Crippen molar-refractivity contribution in [1.82, 2.24) is 20.2 Å². The first kappa shape index (κ1) is 10.5. The van der Waals surface area contributed by atoms with Gasteiger partial charge < -0.3 is 11.1 Å². The smallest absolute Gasteiger partial charge is 0.137 e. The quantitative estimate of drug-likeness (QED) is 0.604. The second kappa shape index (κ2) is 4.33. The molecule has 4 N–H and O–H groups in total. The van der Waals surface area contributed by atoms with Gasteiger partial charge in [0.15, 0.2) is 0 Å². The van der Waals surface area contributed by atoms with E-state index in [1.807, 2.05) is 24.4 Å². The van der Waals surface area contributed by atoms with E-state index in [-0.39, 0.29) is 0 Å². The first-order valence-corrected chi connectivity index (χ1v) is 5.55. The fraction of sp³-hybridized carbons (Fsp3) is 0.0833. The third kappa shape index (κ3) is 1.95. The zero-order valence-electron chi connectivity index (χ0n) is 9.59. The largest absolute Gasteiger partial charge is 0.399 e. The summed E-state index contributed by atoms with van der Waals surface area (Å²) in [5.74, 6) is 0.793. The number of nitrogens with two attached hydrogens (primary N) is 1. The SMILES string of the molecule is Nc1ccc2c(NCc3cn[nH]c3)ncnc2c1. The van der Waals surface area contributed by atoms with Crippen LogP contribution >= 0.6 is 0 Å². The fourth-order valence-electron chi connectivity index (χ4n) is 1.78.